The van der Waals surface area contributed by atoms with Crippen molar-refractivity contribution >= 4 is 87.2 Å². The van der Waals surface area contributed by atoms with Crippen LogP contribution in [0, 0.1) is 6.92 Å². The molecule has 0 spiro atoms. The van der Waals surface area contributed by atoms with Crippen molar-refractivity contribution in [1.82, 2.24) is 33.2 Å². The first-order valence-electron chi connectivity index (χ1n) is 26.2. The summed E-state index contributed by atoms with van der Waals surface area (Å²) in [6, 6.07) is 91.3. The Hall–Kier alpha value is -10.4. The number of hydrogen-bond donors (Lipinski definition) is 0. The molecule has 11 aromatic carbocycles. The van der Waals surface area contributed by atoms with Gasteiger partial charge in [0, 0.05) is 82.5 Å². The first kappa shape index (κ1) is 43.1. The highest BCUT2D eigenvalue weighted by Crippen LogP contribution is 2.47. The summed E-state index contributed by atoms with van der Waals surface area (Å²) >= 11 is 0. The Labute approximate surface area is 442 Å². The summed E-state index contributed by atoms with van der Waals surface area (Å²) in [5.74, 6) is 1.89. The Kier molecular flexibility index (Phi) is 9.41. The fourth-order valence-corrected chi connectivity index (χ4v) is 12.4. The molecule has 5 aromatic heterocycles. The van der Waals surface area contributed by atoms with Gasteiger partial charge in [0.25, 0.3) is 0 Å². The minimum absolute atomic E-state index is 0.619. The van der Waals surface area contributed by atoms with Gasteiger partial charge in [-0.05, 0) is 97.4 Å². The molecule has 0 aliphatic carbocycles. The van der Waals surface area contributed by atoms with Crippen LogP contribution < -0.4 is 0 Å². The number of rotatable bonds is 7. The molecule has 0 fully saturated rings. The lowest BCUT2D eigenvalue weighted by Crippen LogP contribution is -2.00. The standard InChI is InChI=1S/C70H45N7/c1-44-41-62-65(55-32-18-19-33-57(55)74(62)48-25-11-4-12-26-48)67-63(44)56-43-51(36-39-59(56)76(67)49-27-13-5-14-28-49)75-58-34-20-17-31-54(58)64-60(75)40-38-53-52-37-35-47(42-61(52)77(66(53)64)50-29-15-6-16-30-50)70-72-68(45-21-7-2-8-22-45)71-69(73-70)46-23-9-3-10-24-46/h2-43H,1H3. The molecule has 16 aromatic rings. The SMILES string of the molecule is Cc1cc2c(c3ccccc3n2-c2ccccc2)c2c1c1cc(-n3c4ccccc4c4c3ccc3c5ccc(-c6nc(-c7ccccc7)nc(-c7ccccc7)n6)cc5n(-c5ccccc5)c34)ccc1n2-c1ccccc1. The summed E-state index contributed by atoms with van der Waals surface area (Å²) < 4.78 is 9.85. The lowest BCUT2D eigenvalue weighted by atomic mass is 10.0. The van der Waals surface area contributed by atoms with E-state index in [0.29, 0.717) is 17.5 Å². The van der Waals surface area contributed by atoms with E-state index in [1.165, 1.54) is 59.8 Å². The molecule has 0 aliphatic rings. The summed E-state index contributed by atoms with van der Waals surface area (Å²) in [4.78, 5) is 15.3. The van der Waals surface area contributed by atoms with Crippen LogP contribution in [0.2, 0.25) is 0 Å². The van der Waals surface area contributed by atoms with Gasteiger partial charge in [0.15, 0.2) is 17.5 Å². The van der Waals surface area contributed by atoms with Crippen LogP contribution in [0.3, 0.4) is 0 Å². The van der Waals surface area contributed by atoms with Crippen molar-refractivity contribution in [3.05, 3.63) is 260 Å². The van der Waals surface area contributed by atoms with Gasteiger partial charge < -0.3 is 18.3 Å². The van der Waals surface area contributed by atoms with Crippen molar-refractivity contribution in [2.45, 2.75) is 6.92 Å². The highest BCUT2D eigenvalue weighted by molar-refractivity contribution is 6.29. The van der Waals surface area contributed by atoms with Crippen molar-refractivity contribution in [2.24, 2.45) is 0 Å². The number of para-hydroxylation sites is 5. The summed E-state index contributed by atoms with van der Waals surface area (Å²) in [5, 5.41) is 9.63. The Balaban J connectivity index is 0.963. The van der Waals surface area contributed by atoms with Crippen molar-refractivity contribution in [3.63, 3.8) is 0 Å². The van der Waals surface area contributed by atoms with Gasteiger partial charge in [-0.2, -0.15) is 0 Å². The molecule has 0 saturated heterocycles. The quantitative estimate of drug-likeness (QED) is 0.160. The second-order valence-corrected chi connectivity index (χ2v) is 20.0. The summed E-state index contributed by atoms with van der Waals surface area (Å²) in [5.41, 5.74) is 17.7. The molecular formula is C70H45N7. The number of hydrogen-bond acceptors (Lipinski definition) is 3. The maximum Gasteiger partial charge on any atom is 0.164 e. The zero-order valence-electron chi connectivity index (χ0n) is 41.9. The molecule has 77 heavy (non-hydrogen) atoms. The summed E-state index contributed by atoms with van der Waals surface area (Å²) in [6.07, 6.45) is 0. The molecule has 5 heterocycles. The maximum atomic E-state index is 5.16. The van der Waals surface area contributed by atoms with Crippen LogP contribution in [-0.2, 0) is 0 Å². The molecule has 0 N–H and O–H groups in total. The van der Waals surface area contributed by atoms with Crippen molar-refractivity contribution in [1.29, 1.82) is 0 Å². The van der Waals surface area contributed by atoms with Crippen molar-refractivity contribution in [2.75, 3.05) is 0 Å². The minimum atomic E-state index is 0.619. The Morgan fingerprint density at radius 2 is 0.688 bits per heavy atom. The molecule has 7 heteroatoms. The molecule has 0 amide bonds. The fourth-order valence-electron chi connectivity index (χ4n) is 12.4. The number of nitrogens with zero attached hydrogens (tertiary/aromatic N) is 7. The van der Waals surface area contributed by atoms with Gasteiger partial charge in [0.05, 0.1) is 44.1 Å². The van der Waals surface area contributed by atoms with Gasteiger partial charge in [0.1, 0.15) is 0 Å². The van der Waals surface area contributed by atoms with Crippen LogP contribution in [0.25, 0.3) is 144 Å². The number of fused-ring (bicyclic) bond motifs is 14. The van der Waals surface area contributed by atoms with Gasteiger partial charge in [0.2, 0.25) is 0 Å². The third-order valence-corrected chi connectivity index (χ3v) is 15.7. The van der Waals surface area contributed by atoms with E-state index in [0.717, 1.165) is 72.4 Å². The predicted molar refractivity (Wildman–Crippen MR) is 318 cm³/mol. The normalized spacial score (nSPS) is 12.0. The first-order chi connectivity index (χ1) is 38.1. The largest absolute Gasteiger partial charge is 0.309 e. The highest BCUT2D eigenvalue weighted by Gasteiger charge is 2.26. The van der Waals surface area contributed by atoms with Gasteiger partial charge in [-0.15, -0.1) is 0 Å². The average molecular weight is 984 g/mol. The van der Waals surface area contributed by atoms with Gasteiger partial charge in [-0.25, -0.2) is 15.0 Å². The zero-order valence-corrected chi connectivity index (χ0v) is 41.9. The third-order valence-electron chi connectivity index (χ3n) is 15.7. The van der Waals surface area contributed by atoms with Crippen molar-refractivity contribution < 1.29 is 0 Å². The molecule has 0 radical (unpaired) electrons. The molecule has 0 atom stereocenters. The second-order valence-electron chi connectivity index (χ2n) is 20.0. The number of aromatic nitrogens is 7. The van der Waals surface area contributed by atoms with Crippen LogP contribution in [0.4, 0.5) is 0 Å². The molecule has 0 aliphatic heterocycles. The minimum Gasteiger partial charge on any atom is -0.309 e. The fraction of sp³-hybridized carbons (Fsp3) is 0.0143. The van der Waals surface area contributed by atoms with Gasteiger partial charge in [-0.1, -0.05) is 170 Å². The Morgan fingerprint density at radius 1 is 0.247 bits per heavy atom. The molecule has 0 bridgehead atoms. The molecule has 360 valence electrons. The van der Waals surface area contributed by atoms with Crippen LogP contribution in [0.5, 0.6) is 0 Å². The van der Waals surface area contributed by atoms with E-state index in [-0.39, 0.29) is 0 Å². The Bertz CT molecular complexity index is 4960. The number of benzene rings is 11. The molecule has 7 nitrogen and oxygen atoms in total. The highest BCUT2D eigenvalue weighted by atomic mass is 15.1. The number of aryl methyl sites for hydroxylation is 1. The summed E-state index contributed by atoms with van der Waals surface area (Å²) in [6.45, 7) is 2.28. The van der Waals surface area contributed by atoms with Crippen LogP contribution >= 0.6 is 0 Å². The van der Waals surface area contributed by atoms with E-state index in [4.69, 9.17) is 15.0 Å². The second kappa shape index (κ2) is 16.8. The van der Waals surface area contributed by atoms with Crippen LogP contribution in [0.15, 0.2) is 255 Å². The molecule has 16 rings (SSSR count). The maximum absolute atomic E-state index is 5.16. The third kappa shape index (κ3) is 6.47. The predicted octanol–water partition coefficient (Wildman–Crippen LogP) is 17.6. The van der Waals surface area contributed by atoms with Gasteiger partial charge >= 0.3 is 0 Å². The smallest absolute Gasteiger partial charge is 0.164 e. The van der Waals surface area contributed by atoms with E-state index in [1.807, 2.05) is 36.4 Å². The molecule has 0 unspecified atom stereocenters. The van der Waals surface area contributed by atoms with E-state index < -0.39 is 0 Å². The van der Waals surface area contributed by atoms with E-state index in [1.54, 1.807) is 0 Å². The van der Waals surface area contributed by atoms with E-state index >= 15 is 0 Å². The lowest BCUT2D eigenvalue weighted by molar-refractivity contribution is 1.07. The summed E-state index contributed by atoms with van der Waals surface area (Å²) in [7, 11) is 0. The Morgan fingerprint density at radius 3 is 1.27 bits per heavy atom. The topological polar surface area (TPSA) is 58.4 Å². The van der Waals surface area contributed by atoms with Crippen LogP contribution in [-0.4, -0.2) is 33.2 Å². The van der Waals surface area contributed by atoms with Crippen molar-refractivity contribution in [3.8, 4) is 56.9 Å². The molecular weight excluding hydrogens is 939 g/mol. The van der Waals surface area contributed by atoms with E-state index in [2.05, 4.69) is 244 Å². The first-order valence-corrected chi connectivity index (χ1v) is 26.2. The van der Waals surface area contributed by atoms with Gasteiger partial charge in [-0.3, -0.25) is 0 Å². The monoisotopic (exact) mass is 983 g/mol. The van der Waals surface area contributed by atoms with Crippen LogP contribution in [0.1, 0.15) is 5.56 Å². The zero-order chi connectivity index (χ0) is 50.7. The lowest BCUT2D eigenvalue weighted by Gasteiger charge is -2.12. The molecule has 0 saturated carbocycles. The van der Waals surface area contributed by atoms with E-state index in [9.17, 15) is 0 Å². The average Bonchev–Trinajstić information content (AvgIpc) is 4.23.